The van der Waals surface area contributed by atoms with Gasteiger partial charge in [0, 0.05) is 31.3 Å². The summed E-state index contributed by atoms with van der Waals surface area (Å²) < 4.78 is 7.84. The van der Waals surface area contributed by atoms with Crippen LogP contribution in [0.4, 0.5) is 5.95 Å². The number of aryl methyl sites for hydroxylation is 3. The quantitative estimate of drug-likeness (QED) is 0.638. The lowest BCUT2D eigenvalue weighted by Gasteiger charge is -2.33. The summed E-state index contributed by atoms with van der Waals surface area (Å²) in [5.41, 5.74) is 5.92. The van der Waals surface area contributed by atoms with Gasteiger partial charge in [-0.25, -0.2) is 15.0 Å². The molecule has 0 amide bonds. The highest BCUT2D eigenvalue weighted by Gasteiger charge is 2.35. The van der Waals surface area contributed by atoms with E-state index in [4.69, 9.17) is 24.7 Å². The van der Waals surface area contributed by atoms with Gasteiger partial charge in [0.25, 0.3) is 0 Å². The molecule has 5 rings (SSSR count). The van der Waals surface area contributed by atoms with Crippen LogP contribution in [0.2, 0.25) is 0 Å². The second-order valence-corrected chi connectivity index (χ2v) is 9.83. The molecule has 0 N–H and O–H groups in total. The van der Waals surface area contributed by atoms with E-state index in [0.29, 0.717) is 30.1 Å². The molecule has 2 aliphatic rings. The first-order chi connectivity index (χ1) is 14.8. The summed E-state index contributed by atoms with van der Waals surface area (Å²) in [4.78, 5) is 21.9. The van der Waals surface area contributed by atoms with Crippen molar-refractivity contribution in [2.24, 2.45) is 12.5 Å². The summed E-state index contributed by atoms with van der Waals surface area (Å²) >= 11 is 0. The van der Waals surface area contributed by atoms with E-state index in [1.165, 1.54) is 6.42 Å². The summed E-state index contributed by atoms with van der Waals surface area (Å²) in [7, 11) is 1.93. The standard InChI is InChI=1S/C23H31N7O/c1-14-15(2)26-21-20(25-14)19(16-6-7-23(3,4)10-16)27-22(28-21)30-8-9-31-18(13-30)17-11-24-29(5)12-17/h11-12,16,18H,6-10,13H2,1-5H3/t16-,18-/m0/s1. The van der Waals surface area contributed by atoms with Gasteiger partial charge in [0.1, 0.15) is 11.6 Å². The molecule has 164 valence electrons. The minimum atomic E-state index is -0.0403. The largest absolute Gasteiger partial charge is 0.370 e. The molecule has 2 atom stereocenters. The van der Waals surface area contributed by atoms with Gasteiger partial charge in [-0.15, -0.1) is 0 Å². The Bertz CT molecular complexity index is 1120. The average molecular weight is 422 g/mol. The monoisotopic (exact) mass is 421 g/mol. The lowest BCUT2D eigenvalue weighted by atomic mass is 9.89. The Hall–Kier alpha value is -2.61. The molecule has 0 unspecified atom stereocenters. The second-order valence-electron chi connectivity index (χ2n) is 9.83. The van der Waals surface area contributed by atoms with E-state index in [9.17, 15) is 0 Å². The van der Waals surface area contributed by atoms with Gasteiger partial charge in [0.2, 0.25) is 5.95 Å². The second kappa shape index (κ2) is 7.51. The number of rotatable bonds is 3. The van der Waals surface area contributed by atoms with Crippen molar-refractivity contribution >= 4 is 17.1 Å². The van der Waals surface area contributed by atoms with E-state index < -0.39 is 0 Å². The maximum Gasteiger partial charge on any atom is 0.227 e. The lowest BCUT2D eigenvalue weighted by Crippen LogP contribution is -2.39. The van der Waals surface area contributed by atoms with Crippen molar-refractivity contribution < 1.29 is 4.74 Å². The van der Waals surface area contributed by atoms with Gasteiger partial charge in [-0.3, -0.25) is 4.68 Å². The highest BCUT2D eigenvalue weighted by Crippen LogP contribution is 2.46. The van der Waals surface area contributed by atoms with Crippen LogP contribution in [0, 0.1) is 19.3 Å². The molecule has 1 aliphatic carbocycles. The molecule has 31 heavy (non-hydrogen) atoms. The number of morpholine rings is 1. The van der Waals surface area contributed by atoms with Crippen LogP contribution in [0.3, 0.4) is 0 Å². The van der Waals surface area contributed by atoms with Gasteiger partial charge in [-0.2, -0.15) is 10.1 Å². The number of nitrogens with zero attached hydrogens (tertiary/aromatic N) is 7. The molecule has 0 bridgehead atoms. The molecule has 2 fully saturated rings. The minimum absolute atomic E-state index is 0.0403. The van der Waals surface area contributed by atoms with Crippen molar-refractivity contribution in [2.75, 3.05) is 24.6 Å². The third kappa shape index (κ3) is 3.89. The third-order valence-corrected chi connectivity index (χ3v) is 6.76. The molecule has 3 aromatic rings. The molecule has 3 aromatic heterocycles. The zero-order valence-corrected chi connectivity index (χ0v) is 19.1. The highest BCUT2D eigenvalue weighted by molar-refractivity contribution is 5.75. The first kappa shape index (κ1) is 20.3. The third-order valence-electron chi connectivity index (χ3n) is 6.76. The zero-order valence-electron chi connectivity index (χ0n) is 19.1. The van der Waals surface area contributed by atoms with Crippen LogP contribution in [-0.4, -0.2) is 49.4 Å². The van der Waals surface area contributed by atoms with Crippen molar-refractivity contribution in [1.82, 2.24) is 29.7 Å². The zero-order chi connectivity index (χ0) is 21.8. The van der Waals surface area contributed by atoms with E-state index in [0.717, 1.165) is 53.5 Å². The fraction of sp³-hybridized carbons (Fsp3) is 0.609. The van der Waals surface area contributed by atoms with Crippen molar-refractivity contribution in [1.29, 1.82) is 0 Å². The van der Waals surface area contributed by atoms with Gasteiger partial charge in [0.15, 0.2) is 5.65 Å². The molecule has 1 aliphatic heterocycles. The molecular formula is C23H31N7O. The summed E-state index contributed by atoms with van der Waals surface area (Å²) in [6.45, 7) is 10.8. The maximum atomic E-state index is 6.03. The van der Waals surface area contributed by atoms with Gasteiger partial charge < -0.3 is 9.64 Å². The molecule has 8 nitrogen and oxygen atoms in total. The maximum absolute atomic E-state index is 6.03. The van der Waals surface area contributed by atoms with Crippen LogP contribution >= 0.6 is 0 Å². The number of hydrogen-bond donors (Lipinski definition) is 0. The molecule has 8 heteroatoms. The Morgan fingerprint density at radius 3 is 2.61 bits per heavy atom. The number of ether oxygens (including phenoxy) is 1. The Morgan fingerprint density at radius 1 is 1.10 bits per heavy atom. The number of aromatic nitrogens is 6. The summed E-state index contributed by atoms with van der Waals surface area (Å²) in [5.74, 6) is 1.13. The van der Waals surface area contributed by atoms with Gasteiger partial charge in [-0.1, -0.05) is 13.8 Å². The van der Waals surface area contributed by atoms with Crippen molar-refractivity contribution in [3.8, 4) is 0 Å². The van der Waals surface area contributed by atoms with Crippen LogP contribution < -0.4 is 4.90 Å². The van der Waals surface area contributed by atoms with E-state index in [2.05, 4.69) is 23.8 Å². The fourth-order valence-corrected chi connectivity index (χ4v) is 4.86. The average Bonchev–Trinajstić information content (AvgIpc) is 3.33. The smallest absolute Gasteiger partial charge is 0.227 e. The summed E-state index contributed by atoms with van der Waals surface area (Å²) in [6, 6.07) is 0. The predicted molar refractivity (Wildman–Crippen MR) is 119 cm³/mol. The van der Waals surface area contributed by atoms with Crippen molar-refractivity contribution in [3.63, 3.8) is 0 Å². The Kier molecular flexibility index (Phi) is 4.92. The highest BCUT2D eigenvalue weighted by atomic mass is 16.5. The number of hydrogen-bond acceptors (Lipinski definition) is 7. The Labute approximate surface area is 183 Å². The van der Waals surface area contributed by atoms with Crippen LogP contribution in [0.15, 0.2) is 12.4 Å². The van der Waals surface area contributed by atoms with Crippen LogP contribution in [0.5, 0.6) is 0 Å². The number of anilines is 1. The lowest BCUT2D eigenvalue weighted by molar-refractivity contribution is 0.0392. The normalized spacial score (nSPS) is 23.6. The molecule has 4 heterocycles. The molecule has 1 saturated heterocycles. The van der Waals surface area contributed by atoms with E-state index in [-0.39, 0.29) is 6.10 Å². The molecular weight excluding hydrogens is 390 g/mol. The predicted octanol–water partition coefficient (Wildman–Crippen LogP) is 3.64. The first-order valence-electron chi connectivity index (χ1n) is 11.2. The van der Waals surface area contributed by atoms with E-state index in [1.807, 2.05) is 38.0 Å². The Balaban J connectivity index is 1.55. The SMILES string of the molecule is Cc1nc2nc(N3CCO[C@H](c4cnn(C)c4)C3)nc([C@H]3CCC(C)(C)C3)c2nc1C. The summed E-state index contributed by atoms with van der Waals surface area (Å²) in [6.07, 6.45) is 7.31. The Morgan fingerprint density at radius 2 is 1.90 bits per heavy atom. The van der Waals surface area contributed by atoms with Crippen molar-refractivity contribution in [3.05, 3.63) is 35.0 Å². The first-order valence-corrected chi connectivity index (χ1v) is 11.2. The van der Waals surface area contributed by atoms with Crippen LogP contribution in [0.1, 0.15) is 67.8 Å². The fourth-order valence-electron chi connectivity index (χ4n) is 4.86. The topological polar surface area (TPSA) is 81.9 Å². The molecule has 0 spiro atoms. The molecule has 0 radical (unpaired) electrons. The molecule has 1 saturated carbocycles. The van der Waals surface area contributed by atoms with Crippen LogP contribution in [0.25, 0.3) is 11.2 Å². The molecule has 0 aromatic carbocycles. The number of fused-ring (bicyclic) bond motifs is 1. The van der Waals surface area contributed by atoms with Gasteiger partial charge in [-0.05, 0) is 38.5 Å². The van der Waals surface area contributed by atoms with E-state index in [1.54, 1.807) is 0 Å². The van der Waals surface area contributed by atoms with E-state index >= 15 is 0 Å². The van der Waals surface area contributed by atoms with Gasteiger partial charge >= 0.3 is 0 Å². The van der Waals surface area contributed by atoms with Gasteiger partial charge in [0.05, 0.1) is 36.4 Å². The van der Waals surface area contributed by atoms with Crippen molar-refractivity contribution in [2.45, 2.75) is 59.0 Å². The minimum Gasteiger partial charge on any atom is -0.370 e. The van der Waals surface area contributed by atoms with Crippen LogP contribution in [-0.2, 0) is 11.8 Å². The summed E-state index contributed by atoms with van der Waals surface area (Å²) in [5, 5.41) is 4.30.